The first-order valence-corrected chi connectivity index (χ1v) is 13.8. The summed E-state index contributed by atoms with van der Waals surface area (Å²) in [6, 6.07) is 8.52. The van der Waals surface area contributed by atoms with Gasteiger partial charge < -0.3 is 24.5 Å². The van der Waals surface area contributed by atoms with Gasteiger partial charge in [0.1, 0.15) is 11.6 Å². The predicted molar refractivity (Wildman–Crippen MR) is 146 cm³/mol. The van der Waals surface area contributed by atoms with E-state index in [1.165, 1.54) is 0 Å². The van der Waals surface area contributed by atoms with Gasteiger partial charge in [-0.25, -0.2) is 0 Å². The number of hydrogen-bond acceptors (Lipinski definition) is 5. The van der Waals surface area contributed by atoms with Crippen LogP contribution in [0.15, 0.2) is 55.6 Å². The van der Waals surface area contributed by atoms with Gasteiger partial charge in [0.2, 0.25) is 17.7 Å². The molecular weight excluding hydrogens is 482 g/mol. The van der Waals surface area contributed by atoms with E-state index in [0.29, 0.717) is 45.3 Å². The minimum atomic E-state index is -1.03. The number of nitrogens with zero attached hydrogens (tertiary/aromatic N) is 3. The molecule has 8 nitrogen and oxygen atoms in total. The van der Waals surface area contributed by atoms with Gasteiger partial charge in [0.15, 0.2) is 0 Å². The number of hydrogen-bond donors (Lipinski definition) is 1. The third kappa shape index (κ3) is 4.80. The molecule has 2 bridgehead atoms. The van der Waals surface area contributed by atoms with Crippen LogP contribution in [0.25, 0.3) is 0 Å². The Morgan fingerprint density at radius 3 is 2.47 bits per heavy atom. The van der Waals surface area contributed by atoms with Crippen LogP contribution in [0.3, 0.4) is 0 Å². The molecule has 3 saturated heterocycles. The van der Waals surface area contributed by atoms with Crippen LogP contribution in [-0.4, -0.2) is 82.7 Å². The maximum absolute atomic E-state index is 14.1. The highest BCUT2D eigenvalue weighted by atomic mass is 16.5. The Bertz CT molecular complexity index is 1040. The molecule has 38 heavy (non-hydrogen) atoms. The maximum atomic E-state index is 14.1. The van der Waals surface area contributed by atoms with Crippen molar-refractivity contribution in [2.45, 2.75) is 69.7 Å². The predicted octanol–water partition coefficient (Wildman–Crippen LogP) is 3.17. The Balaban J connectivity index is 1.72. The zero-order chi connectivity index (χ0) is 27.4. The van der Waals surface area contributed by atoms with Crippen molar-refractivity contribution in [2.75, 3.05) is 31.1 Å². The van der Waals surface area contributed by atoms with Crippen molar-refractivity contribution >= 4 is 23.4 Å². The first kappa shape index (κ1) is 28.0. The minimum absolute atomic E-state index is 0.0838. The number of carbonyl (C=O) groups is 3. The average Bonchev–Trinajstić information content (AvgIpc) is 3.55. The molecule has 3 aliphatic heterocycles. The van der Waals surface area contributed by atoms with Crippen molar-refractivity contribution in [1.82, 2.24) is 9.80 Å². The Hall–Kier alpha value is -2.97. The summed E-state index contributed by atoms with van der Waals surface area (Å²) in [6.07, 6.45) is 6.20. The number of fused-ring (bicyclic) bond motifs is 1. The van der Waals surface area contributed by atoms with Crippen LogP contribution in [-0.2, 0) is 19.1 Å². The number of benzene rings is 1. The Morgan fingerprint density at radius 1 is 1.13 bits per heavy atom. The lowest BCUT2D eigenvalue weighted by molar-refractivity contribution is -0.149. The molecule has 0 saturated carbocycles. The fourth-order valence-corrected chi connectivity index (χ4v) is 6.62. The number of anilines is 1. The summed E-state index contributed by atoms with van der Waals surface area (Å²) in [6.45, 7) is 12.7. The van der Waals surface area contributed by atoms with Gasteiger partial charge >= 0.3 is 0 Å². The summed E-state index contributed by atoms with van der Waals surface area (Å²) in [5, 5.41) is 9.22. The number of aliphatic hydroxyl groups excluding tert-OH is 1. The lowest BCUT2D eigenvalue weighted by Crippen LogP contribution is -2.57. The summed E-state index contributed by atoms with van der Waals surface area (Å²) in [5.41, 5.74) is -0.286. The van der Waals surface area contributed by atoms with E-state index in [4.69, 9.17) is 4.74 Å². The molecule has 0 aromatic heterocycles. The van der Waals surface area contributed by atoms with E-state index in [-0.39, 0.29) is 30.4 Å². The summed E-state index contributed by atoms with van der Waals surface area (Å²) in [4.78, 5) is 47.5. The summed E-state index contributed by atoms with van der Waals surface area (Å²) < 4.78 is 6.60. The standard InChI is InChI=1S/C30H41N3O5/c1-5-17-31(21(3)4)29(37)26-30-16-15-23(38-30)24(25(30)28(36)33(26)19-11-8-12-20-34)27(35)32(18-6-2)22-13-9-7-10-14-22/h5-7,9-10,13-14,21,23-26,34H,1-2,8,11-12,15-20H2,3-4H3/t23-,24+,25+,26?,30?/m1/s1. The van der Waals surface area contributed by atoms with Crippen molar-refractivity contribution in [1.29, 1.82) is 0 Å². The third-order valence-electron chi connectivity index (χ3n) is 8.25. The molecule has 0 aliphatic carbocycles. The smallest absolute Gasteiger partial charge is 0.248 e. The van der Waals surface area contributed by atoms with Crippen molar-refractivity contribution in [2.24, 2.45) is 11.8 Å². The minimum Gasteiger partial charge on any atom is -0.396 e. The fourth-order valence-electron chi connectivity index (χ4n) is 6.62. The molecule has 1 aromatic rings. The normalized spacial score (nSPS) is 27.5. The van der Waals surface area contributed by atoms with E-state index in [0.717, 1.165) is 12.1 Å². The first-order valence-electron chi connectivity index (χ1n) is 13.8. The van der Waals surface area contributed by atoms with Crippen molar-refractivity contribution in [3.63, 3.8) is 0 Å². The number of carbonyl (C=O) groups excluding carboxylic acids is 3. The number of likely N-dealkylation sites (tertiary alicyclic amines) is 1. The maximum Gasteiger partial charge on any atom is 0.248 e. The zero-order valence-electron chi connectivity index (χ0n) is 22.6. The van der Waals surface area contributed by atoms with Crippen molar-refractivity contribution in [3.05, 3.63) is 55.6 Å². The highest BCUT2D eigenvalue weighted by molar-refractivity contribution is 6.03. The number of aliphatic hydroxyl groups is 1. The Morgan fingerprint density at radius 2 is 1.84 bits per heavy atom. The second kappa shape index (κ2) is 11.8. The molecule has 2 unspecified atom stereocenters. The number of para-hydroxylation sites is 1. The molecule has 0 radical (unpaired) electrons. The van der Waals surface area contributed by atoms with Gasteiger partial charge in [-0.2, -0.15) is 0 Å². The van der Waals surface area contributed by atoms with Gasteiger partial charge in [0, 0.05) is 38.0 Å². The monoisotopic (exact) mass is 523 g/mol. The van der Waals surface area contributed by atoms with Crippen LogP contribution in [0.1, 0.15) is 46.0 Å². The van der Waals surface area contributed by atoms with Gasteiger partial charge in [-0.05, 0) is 58.1 Å². The molecule has 206 valence electrons. The lowest BCUT2D eigenvalue weighted by atomic mass is 9.70. The topological polar surface area (TPSA) is 90.4 Å². The third-order valence-corrected chi connectivity index (χ3v) is 8.25. The zero-order valence-corrected chi connectivity index (χ0v) is 22.6. The lowest BCUT2D eigenvalue weighted by Gasteiger charge is -2.38. The first-order chi connectivity index (χ1) is 18.3. The average molecular weight is 524 g/mol. The van der Waals surface area contributed by atoms with Crippen molar-refractivity contribution < 1.29 is 24.2 Å². The molecule has 1 spiro atoms. The SMILES string of the molecule is C=CCN(C(=O)[C@@H]1[C@H]2C(=O)N(CCCCCO)C(C(=O)N(CC=C)C(C)C)C23CC[C@H]1O3)c1ccccc1. The summed E-state index contributed by atoms with van der Waals surface area (Å²) in [7, 11) is 0. The van der Waals surface area contributed by atoms with Crippen LogP contribution in [0, 0.1) is 11.8 Å². The van der Waals surface area contributed by atoms with Crippen LogP contribution in [0.5, 0.6) is 0 Å². The fraction of sp³-hybridized carbons (Fsp3) is 0.567. The van der Waals surface area contributed by atoms with Crippen LogP contribution < -0.4 is 4.90 Å². The second-order valence-electron chi connectivity index (χ2n) is 10.8. The molecular formula is C30H41N3O5. The van der Waals surface area contributed by atoms with Gasteiger partial charge in [0.25, 0.3) is 0 Å². The molecule has 3 aliphatic rings. The van der Waals surface area contributed by atoms with E-state index in [2.05, 4.69) is 13.2 Å². The Kier molecular flexibility index (Phi) is 8.73. The number of unbranched alkanes of at least 4 members (excludes halogenated alkanes) is 2. The number of ether oxygens (including phenoxy) is 1. The molecule has 3 heterocycles. The van der Waals surface area contributed by atoms with Crippen LogP contribution >= 0.6 is 0 Å². The van der Waals surface area contributed by atoms with Gasteiger partial charge in [-0.1, -0.05) is 30.4 Å². The highest BCUT2D eigenvalue weighted by Gasteiger charge is 2.74. The summed E-state index contributed by atoms with van der Waals surface area (Å²) in [5.74, 6) is -1.88. The summed E-state index contributed by atoms with van der Waals surface area (Å²) >= 11 is 0. The molecule has 3 fully saturated rings. The van der Waals surface area contributed by atoms with E-state index in [1.54, 1.807) is 26.9 Å². The van der Waals surface area contributed by atoms with E-state index in [1.807, 2.05) is 44.2 Å². The molecule has 8 heteroatoms. The number of rotatable bonds is 13. The highest BCUT2D eigenvalue weighted by Crippen LogP contribution is 2.59. The molecule has 4 rings (SSSR count). The van der Waals surface area contributed by atoms with Gasteiger partial charge in [-0.15, -0.1) is 13.2 Å². The Labute approximate surface area is 225 Å². The molecule has 3 amide bonds. The molecule has 5 atom stereocenters. The molecule has 1 aromatic carbocycles. The van der Waals surface area contributed by atoms with E-state index >= 15 is 0 Å². The van der Waals surface area contributed by atoms with E-state index < -0.39 is 29.6 Å². The second-order valence-corrected chi connectivity index (χ2v) is 10.8. The number of amides is 3. The molecule has 1 N–H and O–H groups in total. The van der Waals surface area contributed by atoms with Crippen molar-refractivity contribution in [3.8, 4) is 0 Å². The van der Waals surface area contributed by atoms with Gasteiger partial charge in [0.05, 0.1) is 17.9 Å². The largest absolute Gasteiger partial charge is 0.396 e. The van der Waals surface area contributed by atoms with Gasteiger partial charge in [-0.3, -0.25) is 14.4 Å². The quantitative estimate of drug-likeness (QED) is 0.317. The van der Waals surface area contributed by atoms with E-state index in [9.17, 15) is 19.5 Å². The van der Waals surface area contributed by atoms with Crippen LogP contribution in [0.2, 0.25) is 0 Å². The van der Waals surface area contributed by atoms with Crippen LogP contribution in [0.4, 0.5) is 5.69 Å².